The maximum Gasteiger partial charge on any atom is 0.239 e. The first-order valence-corrected chi connectivity index (χ1v) is 8.49. The van der Waals surface area contributed by atoms with Crippen LogP contribution in [-0.2, 0) is 20.8 Å². The van der Waals surface area contributed by atoms with Gasteiger partial charge in [0, 0.05) is 23.1 Å². The summed E-state index contributed by atoms with van der Waals surface area (Å²) in [4.78, 5) is 38.0. The molecule has 0 aliphatic carbocycles. The summed E-state index contributed by atoms with van der Waals surface area (Å²) in [6, 6.07) is 7.83. The van der Waals surface area contributed by atoms with Crippen LogP contribution in [-0.4, -0.2) is 53.6 Å². The Morgan fingerprint density at radius 3 is 2.44 bits per heavy atom. The molecular formula is C17H24N6O4. The molecule has 0 fully saturated rings. The zero-order chi connectivity index (χ0) is 19.6. The molecule has 1 atom stereocenters. The van der Waals surface area contributed by atoms with E-state index < -0.39 is 11.8 Å². The molecule has 1 aromatic carbocycles. The Morgan fingerprint density at radius 1 is 1.04 bits per heavy atom. The van der Waals surface area contributed by atoms with Crippen LogP contribution in [0.2, 0.25) is 0 Å². The van der Waals surface area contributed by atoms with Crippen molar-refractivity contribution < 1.29 is 19.6 Å². The second-order valence-electron chi connectivity index (χ2n) is 6.05. The first-order chi connectivity index (χ1) is 13.0. The van der Waals surface area contributed by atoms with Gasteiger partial charge in [-0.15, -0.1) is 5.59 Å². The second kappa shape index (κ2) is 10.3. The maximum absolute atomic E-state index is 12.0. The fourth-order valence-electron chi connectivity index (χ4n) is 2.61. The summed E-state index contributed by atoms with van der Waals surface area (Å²) in [5, 5.41) is 17.0. The molecule has 10 nitrogen and oxygen atoms in total. The number of H-pyrrole nitrogens is 1. The number of carbonyl (C=O) groups is 3. The van der Waals surface area contributed by atoms with E-state index >= 15 is 0 Å². The highest BCUT2D eigenvalue weighted by atomic mass is 16.5. The number of fused-ring (bicyclic) bond motifs is 1. The number of aromatic amines is 1. The van der Waals surface area contributed by atoms with E-state index in [-0.39, 0.29) is 31.6 Å². The monoisotopic (exact) mass is 376 g/mol. The van der Waals surface area contributed by atoms with Gasteiger partial charge < -0.3 is 26.1 Å². The lowest BCUT2D eigenvalue weighted by atomic mass is 10.1. The maximum atomic E-state index is 12.0. The van der Waals surface area contributed by atoms with Gasteiger partial charge in [-0.1, -0.05) is 18.2 Å². The van der Waals surface area contributed by atoms with Crippen molar-refractivity contribution in [3.8, 4) is 0 Å². The van der Waals surface area contributed by atoms with Crippen LogP contribution in [0.5, 0.6) is 0 Å². The molecule has 1 unspecified atom stereocenters. The molecule has 146 valence electrons. The van der Waals surface area contributed by atoms with Crippen molar-refractivity contribution in [1.82, 2.24) is 31.9 Å². The van der Waals surface area contributed by atoms with E-state index in [2.05, 4.69) is 26.4 Å². The summed E-state index contributed by atoms with van der Waals surface area (Å²) in [7, 11) is 0. The zero-order valence-electron chi connectivity index (χ0n) is 15.0. The largest absolute Gasteiger partial charge is 0.361 e. The Morgan fingerprint density at radius 2 is 1.70 bits per heavy atom. The number of amides is 3. The molecule has 0 aliphatic rings. The van der Waals surface area contributed by atoms with E-state index in [0.717, 1.165) is 16.5 Å². The Balaban J connectivity index is 1.69. The number of carbonyl (C=O) groups excluding carboxylic acids is 3. The van der Waals surface area contributed by atoms with Crippen LogP contribution in [0.25, 0.3) is 10.9 Å². The normalized spacial score (nSPS) is 11.8. The van der Waals surface area contributed by atoms with Gasteiger partial charge in [0.05, 0.1) is 19.6 Å². The number of nitrogens with one attached hydrogen (secondary N) is 6. The zero-order valence-corrected chi connectivity index (χ0v) is 15.0. The summed E-state index contributed by atoms with van der Waals surface area (Å²) in [5.41, 5.74) is 5.93. The van der Waals surface area contributed by atoms with Crippen molar-refractivity contribution in [1.29, 1.82) is 0 Å². The molecule has 3 amide bonds. The molecule has 0 saturated carbocycles. The Labute approximate surface area is 156 Å². The third-order valence-corrected chi connectivity index (χ3v) is 3.83. The van der Waals surface area contributed by atoms with Crippen molar-refractivity contribution in [3.63, 3.8) is 0 Å². The van der Waals surface area contributed by atoms with Crippen LogP contribution in [0.4, 0.5) is 0 Å². The molecule has 1 heterocycles. The topological polar surface area (TPSA) is 147 Å². The summed E-state index contributed by atoms with van der Waals surface area (Å²) in [6.07, 6.45) is 2.59. The Kier molecular flexibility index (Phi) is 7.74. The first-order valence-electron chi connectivity index (χ1n) is 8.49. The highest BCUT2D eigenvalue weighted by molar-refractivity contribution is 5.88. The van der Waals surface area contributed by atoms with Crippen LogP contribution in [0.3, 0.4) is 0 Å². The van der Waals surface area contributed by atoms with Crippen molar-refractivity contribution in [2.75, 3.05) is 19.6 Å². The minimum absolute atomic E-state index is 0.106. The smallest absolute Gasteiger partial charge is 0.239 e. The highest BCUT2D eigenvalue weighted by Crippen LogP contribution is 2.18. The van der Waals surface area contributed by atoms with Crippen LogP contribution < -0.4 is 27.0 Å². The van der Waals surface area contributed by atoms with Crippen LogP contribution in [0, 0.1) is 0 Å². The lowest BCUT2D eigenvalue weighted by molar-refractivity contribution is -0.127. The van der Waals surface area contributed by atoms with Crippen molar-refractivity contribution in [2.45, 2.75) is 19.4 Å². The van der Waals surface area contributed by atoms with Crippen molar-refractivity contribution in [2.24, 2.45) is 0 Å². The lowest BCUT2D eigenvalue weighted by Gasteiger charge is -2.14. The molecule has 0 saturated heterocycles. The SMILES string of the molecule is CC(Cc1c[nH]c2ccccc12)NC(=O)CNC(=O)CNC(=O)CNNO. The van der Waals surface area contributed by atoms with Gasteiger partial charge in [-0.3, -0.25) is 14.4 Å². The molecule has 0 aliphatic heterocycles. The van der Waals surface area contributed by atoms with E-state index in [1.807, 2.05) is 37.4 Å². The van der Waals surface area contributed by atoms with Gasteiger partial charge in [-0.2, -0.15) is 0 Å². The van der Waals surface area contributed by atoms with Gasteiger partial charge in [0.15, 0.2) is 0 Å². The molecule has 10 heteroatoms. The third-order valence-electron chi connectivity index (χ3n) is 3.83. The Bertz CT molecular complexity index is 791. The third kappa shape index (κ3) is 6.70. The van der Waals surface area contributed by atoms with Crippen LogP contribution >= 0.6 is 0 Å². The van der Waals surface area contributed by atoms with E-state index in [0.29, 0.717) is 6.42 Å². The molecule has 0 spiro atoms. The number of hydrogen-bond donors (Lipinski definition) is 7. The van der Waals surface area contributed by atoms with E-state index in [4.69, 9.17) is 5.21 Å². The standard InChI is InChI=1S/C17H24N6O4/c1-11(6-12-7-18-14-5-3-2-4-13(12)14)22-17(26)9-20-15(24)8-19-16(25)10-21-23-27/h2-5,7,11,18,21,23,27H,6,8-10H2,1H3,(H,19,25)(H,20,24)(H,22,26). The molecule has 2 rings (SSSR count). The molecule has 2 aromatic rings. The minimum Gasteiger partial charge on any atom is -0.361 e. The summed E-state index contributed by atoms with van der Waals surface area (Å²) in [5.74, 6) is -1.28. The summed E-state index contributed by atoms with van der Waals surface area (Å²) in [6.45, 7) is 1.26. The number of hydrogen-bond acceptors (Lipinski definition) is 6. The fourth-order valence-corrected chi connectivity index (χ4v) is 2.61. The second-order valence-corrected chi connectivity index (χ2v) is 6.05. The minimum atomic E-state index is -0.486. The number of benzene rings is 1. The first kappa shape index (κ1) is 20.4. The predicted octanol–water partition coefficient (Wildman–Crippen LogP) is -1.07. The average Bonchev–Trinajstić information content (AvgIpc) is 3.05. The highest BCUT2D eigenvalue weighted by Gasteiger charge is 2.12. The predicted molar refractivity (Wildman–Crippen MR) is 98.6 cm³/mol. The summed E-state index contributed by atoms with van der Waals surface area (Å²) < 4.78 is 0. The van der Waals surface area contributed by atoms with Gasteiger partial charge in [0.2, 0.25) is 17.7 Å². The van der Waals surface area contributed by atoms with Gasteiger partial charge in [-0.05, 0) is 25.0 Å². The summed E-state index contributed by atoms with van der Waals surface area (Å²) >= 11 is 0. The van der Waals surface area contributed by atoms with Crippen molar-refractivity contribution in [3.05, 3.63) is 36.0 Å². The number of rotatable bonds is 10. The lowest BCUT2D eigenvalue weighted by Crippen LogP contribution is -2.46. The van der Waals surface area contributed by atoms with Crippen LogP contribution in [0.15, 0.2) is 30.5 Å². The van der Waals surface area contributed by atoms with Crippen LogP contribution in [0.1, 0.15) is 12.5 Å². The average molecular weight is 376 g/mol. The van der Waals surface area contributed by atoms with Gasteiger partial charge in [-0.25, -0.2) is 5.43 Å². The number of aromatic nitrogens is 1. The van der Waals surface area contributed by atoms with E-state index in [1.54, 1.807) is 5.59 Å². The molecule has 1 aromatic heterocycles. The number of hydrazine groups is 1. The molecular weight excluding hydrogens is 352 g/mol. The van der Waals surface area contributed by atoms with Gasteiger partial charge in [0.1, 0.15) is 0 Å². The fraction of sp³-hybridized carbons (Fsp3) is 0.353. The number of para-hydroxylation sites is 1. The molecule has 27 heavy (non-hydrogen) atoms. The van der Waals surface area contributed by atoms with Crippen molar-refractivity contribution >= 4 is 28.6 Å². The quantitative estimate of drug-likeness (QED) is 0.263. The molecule has 7 N–H and O–H groups in total. The van der Waals surface area contributed by atoms with E-state index in [9.17, 15) is 14.4 Å². The van der Waals surface area contributed by atoms with Gasteiger partial charge >= 0.3 is 0 Å². The Hall–Kier alpha value is -2.95. The van der Waals surface area contributed by atoms with E-state index in [1.165, 1.54) is 0 Å². The van der Waals surface area contributed by atoms with Gasteiger partial charge in [0.25, 0.3) is 0 Å². The molecule has 0 radical (unpaired) electrons. The molecule has 0 bridgehead atoms.